The van der Waals surface area contributed by atoms with Crippen molar-refractivity contribution in [2.45, 2.75) is 90.1 Å². The smallest absolute Gasteiger partial charge is 0.0717 e. The third-order valence-electron chi connectivity index (χ3n) is 8.95. The molecule has 17 nitrogen and oxygen atoms in total. The van der Waals surface area contributed by atoms with Gasteiger partial charge in [-0.1, -0.05) is 78.1 Å². The molecule has 1 aromatic carbocycles. The first-order valence-corrected chi connectivity index (χ1v) is 19.3. The van der Waals surface area contributed by atoms with Gasteiger partial charge in [0.25, 0.3) is 0 Å². The summed E-state index contributed by atoms with van der Waals surface area (Å²) in [5, 5.41) is 39.3. The Kier molecular flexibility index (Phi) is 31.1. The Labute approximate surface area is 320 Å². The lowest BCUT2D eigenvalue weighted by atomic mass is 9.92. The molecule has 0 fully saturated rings. The molecule has 0 amide bonds. The predicted octanol–water partition coefficient (Wildman–Crippen LogP) is 7.37. The molecule has 0 heterocycles. The fraction of sp³-hybridized carbons (Fsp3) is 0.838. The summed E-state index contributed by atoms with van der Waals surface area (Å²) in [6, 6.07) is 7.98. The van der Waals surface area contributed by atoms with Gasteiger partial charge in [-0.25, -0.2) is 0 Å². The van der Waals surface area contributed by atoms with E-state index in [4.69, 9.17) is 40.3 Å². The van der Waals surface area contributed by atoms with E-state index in [1.807, 2.05) is 24.3 Å². The molecule has 0 saturated heterocycles. The molecular formula is C37H65N9O8. The van der Waals surface area contributed by atoms with Gasteiger partial charge >= 0.3 is 0 Å². The van der Waals surface area contributed by atoms with E-state index >= 15 is 0 Å². The molecule has 1 rings (SSSR count). The summed E-state index contributed by atoms with van der Waals surface area (Å²) in [7, 11) is 0. The Hall–Kier alpha value is -3.17. The molecule has 0 atom stereocenters. The van der Waals surface area contributed by atoms with Crippen LogP contribution in [0.4, 0.5) is 0 Å². The topological polar surface area (TPSA) is 253 Å². The normalized spacial score (nSPS) is 12.4. The second-order valence-electron chi connectivity index (χ2n) is 13.9. The van der Waals surface area contributed by atoms with Gasteiger partial charge in [0, 0.05) is 54.2 Å². The Morgan fingerprint density at radius 3 is 1.19 bits per heavy atom. The van der Waals surface area contributed by atoms with Gasteiger partial charge in [0.1, 0.15) is 0 Å². The number of aliphatic hydroxyl groups excluding tert-OH is 3. The molecule has 0 unspecified atom stereocenters. The van der Waals surface area contributed by atoms with Crippen LogP contribution in [-0.2, 0) is 36.7 Å². The van der Waals surface area contributed by atoms with Gasteiger partial charge in [0.05, 0.1) is 76.9 Å². The van der Waals surface area contributed by atoms with Crippen molar-refractivity contribution in [3.63, 3.8) is 0 Å². The van der Waals surface area contributed by atoms with Crippen LogP contribution >= 0.6 is 0 Å². The van der Waals surface area contributed by atoms with E-state index in [9.17, 15) is 15.3 Å². The number of hydrogen-bond acceptors (Lipinski definition) is 11. The van der Waals surface area contributed by atoms with E-state index in [0.717, 1.165) is 88.2 Å². The summed E-state index contributed by atoms with van der Waals surface area (Å²) < 4.78 is 30.7. The summed E-state index contributed by atoms with van der Waals surface area (Å²) in [4.78, 5) is 8.42. The molecule has 306 valence electrons. The van der Waals surface area contributed by atoms with Gasteiger partial charge in [-0.15, -0.1) is 0 Å². The zero-order valence-corrected chi connectivity index (χ0v) is 32.2. The fourth-order valence-electron chi connectivity index (χ4n) is 5.42. The van der Waals surface area contributed by atoms with Crippen LogP contribution in [0.5, 0.6) is 0 Å². The summed E-state index contributed by atoms with van der Waals surface area (Å²) in [6.07, 6.45) is 11.8. The van der Waals surface area contributed by atoms with Gasteiger partial charge in [-0.05, 0) is 72.7 Å². The van der Waals surface area contributed by atoms with Crippen molar-refractivity contribution in [2.75, 3.05) is 98.9 Å². The number of unbranched alkanes of at least 4 members (excludes halogenated alkanes) is 9. The lowest BCUT2D eigenvalue weighted by Crippen LogP contribution is -2.42. The van der Waals surface area contributed by atoms with Gasteiger partial charge in [-0.3, -0.25) is 0 Å². The van der Waals surface area contributed by atoms with Crippen LogP contribution in [-0.4, -0.2) is 114 Å². The van der Waals surface area contributed by atoms with Crippen molar-refractivity contribution in [2.24, 2.45) is 26.2 Å². The summed E-state index contributed by atoms with van der Waals surface area (Å²) >= 11 is 0. The number of rotatable bonds is 39. The minimum absolute atomic E-state index is 0.0433. The quantitative estimate of drug-likeness (QED) is 0.0263. The van der Waals surface area contributed by atoms with Crippen molar-refractivity contribution in [3.8, 4) is 0 Å². The van der Waals surface area contributed by atoms with Crippen molar-refractivity contribution >= 4 is 0 Å². The number of benzene rings is 1. The maximum Gasteiger partial charge on any atom is 0.0717 e. The molecule has 54 heavy (non-hydrogen) atoms. The highest BCUT2D eigenvalue weighted by Crippen LogP contribution is 2.23. The summed E-state index contributed by atoms with van der Waals surface area (Å²) in [6.45, 7) is 4.69. The van der Waals surface area contributed by atoms with E-state index in [1.165, 1.54) is 0 Å². The van der Waals surface area contributed by atoms with E-state index in [2.05, 4.69) is 30.1 Å². The third kappa shape index (κ3) is 25.0. The van der Waals surface area contributed by atoms with Gasteiger partial charge in [0.15, 0.2) is 0 Å². The van der Waals surface area contributed by atoms with Gasteiger partial charge in [-0.2, -0.15) is 0 Å². The Morgan fingerprint density at radius 2 is 0.796 bits per heavy atom. The van der Waals surface area contributed by atoms with Crippen LogP contribution in [0, 0.1) is 10.8 Å². The highest BCUT2D eigenvalue weighted by Gasteiger charge is 2.33. The lowest BCUT2D eigenvalue weighted by molar-refractivity contribution is -0.107. The number of ether oxygens (including phenoxy) is 5. The van der Waals surface area contributed by atoms with Crippen LogP contribution < -0.4 is 0 Å². The second-order valence-corrected chi connectivity index (χ2v) is 13.9. The molecule has 3 N–H and O–H groups in total. The standard InChI is InChI=1S/C37H65N9O8/c38-44-41-18-7-1-4-10-21-50-30-37(31-51-22-11-5-2-8-19-42-45-39,32-52-23-12-6-3-9-20-43-46-40)33-53-24-17-34-13-15-35(16-14-34)25-54-29-36(26-47,27-48)28-49/h13-16,47-49H,1-12,17-33H2. The SMILES string of the molecule is [N-]=[N+]=NCCCCCCOCC(COCCCCCCN=[N+]=[N-])(COCCCCCCN=[N+]=[N-])COCCc1ccc(COCC(CO)(CO)CO)cc1. The molecule has 0 spiro atoms. The minimum atomic E-state index is -1.06. The third-order valence-corrected chi connectivity index (χ3v) is 8.95. The Morgan fingerprint density at radius 1 is 0.444 bits per heavy atom. The first-order valence-electron chi connectivity index (χ1n) is 19.3. The Bertz CT molecular complexity index is 1100. The van der Waals surface area contributed by atoms with Crippen molar-refractivity contribution in [1.29, 1.82) is 0 Å². The van der Waals surface area contributed by atoms with Gasteiger partial charge in [0.2, 0.25) is 0 Å². The number of nitrogens with zero attached hydrogens (tertiary/aromatic N) is 9. The predicted molar refractivity (Wildman–Crippen MR) is 207 cm³/mol. The summed E-state index contributed by atoms with van der Waals surface area (Å²) in [5.74, 6) is 0. The molecule has 1 aromatic rings. The molecule has 0 saturated carbocycles. The molecule has 0 bridgehead atoms. The van der Waals surface area contributed by atoms with Crippen LogP contribution in [0.25, 0.3) is 31.3 Å². The zero-order valence-electron chi connectivity index (χ0n) is 32.2. The first-order chi connectivity index (χ1) is 26.5. The van der Waals surface area contributed by atoms with E-state index in [0.29, 0.717) is 85.5 Å². The van der Waals surface area contributed by atoms with Crippen LogP contribution in [0.2, 0.25) is 0 Å². The maximum atomic E-state index is 9.51. The molecule has 0 aliphatic rings. The molecule has 0 aliphatic heterocycles. The highest BCUT2D eigenvalue weighted by molar-refractivity contribution is 5.22. The van der Waals surface area contributed by atoms with Crippen LogP contribution in [0.1, 0.15) is 88.2 Å². The molecular weight excluding hydrogens is 698 g/mol. The monoisotopic (exact) mass is 763 g/mol. The number of azide groups is 3. The second kappa shape index (κ2) is 34.3. The molecule has 0 radical (unpaired) electrons. The van der Waals surface area contributed by atoms with E-state index in [1.54, 1.807) is 0 Å². The lowest BCUT2D eigenvalue weighted by Gasteiger charge is -2.33. The number of hydrogen-bond donors (Lipinski definition) is 3. The van der Waals surface area contributed by atoms with Crippen molar-refractivity contribution < 1.29 is 39.0 Å². The average Bonchev–Trinajstić information content (AvgIpc) is 3.20. The van der Waals surface area contributed by atoms with Crippen LogP contribution in [0.15, 0.2) is 39.6 Å². The molecule has 17 heteroatoms. The highest BCUT2D eigenvalue weighted by atomic mass is 16.5. The van der Waals surface area contributed by atoms with Gasteiger partial charge < -0.3 is 39.0 Å². The largest absolute Gasteiger partial charge is 0.396 e. The zero-order chi connectivity index (χ0) is 39.3. The number of aliphatic hydroxyl groups is 3. The van der Waals surface area contributed by atoms with E-state index < -0.39 is 10.8 Å². The minimum Gasteiger partial charge on any atom is -0.396 e. The average molecular weight is 764 g/mol. The van der Waals surface area contributed by atoms with Crippen molar-refractivity contribution in [1.82, 2.24) is 0 Å². The maximum absolute atomic E-state index is 9.51. The van der Waals surface area contributed by atoms with Crippen LogP contribution in [0.3, 0.4) is 0 Å². The fourth-order valence-corrected chi connectivity index (χ4v) is 5.42. The molecule has 0 aliphatic carbocycles. The first kappa shape index (κ1) is 48.8. The Balaban J connectivity index is 2.80. The van der Waals surface area contributed by atoms with Crippen molar-refractivity contribution in [3.05, 3.63) is 66.7 Å². The molecule has 0 aromatic heterocycles. The summed E-state index contributed by atoms with van der Waals surface area (Å²) in [5.41, 5.74) is 25.9. The van der Waals surface area contributed by atoms with E-state index in [-0.39, 0.29) is 26.4 Å².